The first-order chi connectivity index (χ1) is 15.7. The van der Waals surface area contributed by atoms with Crippen molar-refractivity contribution in [3.63, 3.8) is 0 Å². The zero-order valence-corrected chi connectivity index (χ0v) is 18.3. The number of amides is 1. The van der Waals surface area contributed by atoms with Gasteiger partial charge in [-0.1, -0.05) is 24.4 Å². The van der Waals surface area contributed by atoms with Crippen LogP contribution in [0.4, 0.5) is 11.8 Å². The number of hydrogen-bond acceptors (Lipinski definition) is 8. The highest BCUT2D eigenvalue weighted by Crippen LogP contribution is 2.24. The molecule has 3 aromatic heterocycles. The minimum Gasteiger partial charge on any atom is -0.461 e. The van der Waals surface area contributed by atoms with Crippen LogP contribution in [0, 0.1) is 6.92 Å². The van der Waals surface area contributed by atoms with Gasteiger partial charge in [0.05, 0.1) is 6.26 Å². The number of rotatable bonds is 5. The zero-order chi connectivity index (χ0) is 21.9. The standard InChI is InChI=1S/C23H28N6O3/c1-16-14-21(26-23(24-16)25-17-6-3-2-4-7-17)28-9-11-29(12-10-28)22(30)18-15-20(32-27-18)19-8-5-13-31-19/h5,8,13-15,17H,2-4,6-7,9-12H2,1H3,(H,24,25,26). The number of piperazine rings is 1. The molecule has 3 aromatic rings. The van der Waals surface area contributed by atoms with E-state index in [4.69, 9.17) is 13.9 Å². The Kier molecular flexibility index (Phi) is 5.79. The van der Waals surface area contributed by atoms with Crippen LogP contribution in [-0.2, 0) is 0 Å². The minimum atomic E-state index is -0.135. The van der Waals surface area contributed by atoms with E-state index in [0.29, 0.717) is 55.4 Å². The average Bonchev–Trinajstić information content (AvgIpc) is 3.51. The largest absolute Gasteiger partial charge is 0.461 e. The Balaban J connectivity index is 1.21. The van der Waals surface area contributed by atoms with Gasteiger partial charge in [-0.3, -0.25) is 4.79 Å². The molecular weight excluding hydrogens is 408 g/mol. The summed E-state index contributed by atoms with van der Waals surface area (Å²) in [5, 5.41) is 7.46. The third kappa shape index (κ3) is 4.46. The number of nitrogens with one attached hydrogen (secondary N) is 1. The Morgan fingerprint density at radius 2 is 1.88 bits per heavy atom. The van der Waals surface area contributed by atoms with Gasteiger partial charge >= 0.3 is 0 Å². The molecule has 1 aliphatic carbocycles. The van der Waals surface area contributed by atoms with E-state index >= 15 is 0 Å². The molecule has 0 radical (unpaired) electrons. The van der Waals surface area contributed by atoms with Crippen molar-refractivity contribution in [1.29, 1.82) is 0 Å². The topological polar surface area (TPSA) is 101 Å². The summed E-state index contributed by atoms with van der Waals surface area (Å²) >= 11 is 0. The lowest BCUT2D eigenvalue weighted by atomic mass is 9.96. The van der Waals surface area contributed by atoms with E-state index in [1.807, 2.05) is 13.0 Å². The van der Waals surface area contributed by atoms with Crippen molar-refractivity contribution in [3.05, 3.63) is 41.9 Å². The molecule has 9 nitrogen and oxygen atoms in total. The summed E-state index contributed by atoms with van der Waals surface area (Å²) in [6, 6.07) is 7.64. The first-order valence-electron chi connectivity index (χ1n) is 11.3. The van der Waals surface area contributed by atoms with Gasteiger partial charge in [0.15, 0.2) is 11.5 Å². The number of nitrogens with zero attached hydrogens (tertiary/aromatic N) is 5. The molecule has 0 spiro atoms. The lowest BCUT2D eigenvalue weighted by Crippen LogP contribution is -2.49. The van der Waals surface area contributed by atoms with Crippen molar-refractivity contribution >= 4 is 17.7 Å². The van der Waals surface area contributed by atoms with Crippen molar-refractivity contribution in [2.45, 2.75) is 45.1 Å². The maximum Gasteiger partial charge on any atom is 0.276 e. The summed E-state index contributed by atoms with van der Waals surface area (Å²) in [4.78, 5) is 26.2. The Morgan fingerprint density at radius 1 is 1.06 bits per heavy atom. The third-order valence-corrected chi connectivity index (χ3v) is 6.16. The van der Waals surface area contributed by atoms with Gasteiger partial charge in [-0.15, -0.1) is 0 Å². The summed E-state index contributed by atoms with van der Waals surface area (Å²) in [7, 11) is 0. The van der Waals surface area contributed by atoms with Crippen molar-refractivity contribution < 1.29 is 13.7 Å². The number of aryl methyl sites for hydroxylation is 1. The Hall–Kier alpha value is -3.36. The van der Waals surface area contributed by atoms with Crippen molar-refractivity contribution in [1.82, 2.24) is 20.0 Å². The fourth-order valence-corrected chi connectivity index (χ4v) is 4.42. The third-order valence-electron chi connectivity index (χ3n) is 6.16. The molecule has 5 rings (SSSR count). The zero-order valence-electron chi connectivity index (χ0n) is 18.3. The molecule has 0 atom stereocenters. The molecule has 4 heterocycles. The molecule has 1 saturated heterocycles. The molecule has 9 heteroatoms. The smallest absolute Gasteiger partial charge is 0.276 e. The fourth-order valence-electron chi connectivity index (χ4n) is 4.42. The Morgan fingerprint density at radius 3 is 2.62 bits per heavy atom. The van der Waals surface area contributed by atoms with Gasteiger partial charge in [-0.25, -0.2) is 4.98 Å². The van der Waals surface area contributed by atoms with E-state index in [9.17, 15) is 4.79 Å². The molecule has 2 fully saturated rings. The van der Waals surface area contributed by atoms with Crippen molar-refractivity contribution in [2.75, 3.05) is 36.4 Å². The molecule has 0 aromatic carbocycles. The van der Waals surface area contributed by atoms with Gasteiger partial charge in [0, 0.05) is 50.0 Å². The molecule has 1 aliphatic heterocycles. The SMILES string of the molecule is Cc1cc(N2CCN(C(=O)c3cc(-c4ccco4)on3)CC2)nc(NC2CCCCC2)n1. The van der Waals surface area contributed by atoms with Crippen LogP contribution in [0.25, 0.3) is 11.5 Å². The predicted molar refractivity (Wildman–Crippen MR) is 120 cm³/mol. The normalized spacial score (nSPS) is 17.5. The number of furan rings is 1. The molecule has 168 valence electrons. The monoisotopic (exact) mass is 436 g/mol. The highest BCUT2D eigenvalue weighted by Gasteiger charge is 2.26. The highest BCUT2D eigenvalue weighted by molar-refractivity contribution is 5.93. The number of hydrogen-bond donors (Lipinski definition) is 1. The van der Waals surface area contributed by atoms with E-state index in [0.717, 1.165) is 11.5 Å². The Labute approximate surface area is 186 Å². The lowest BCUT2D eigenvalue weighted by molar-refractivity contribution is 0.0736. The van der Waals surface area contributed by atoms with E-state index in [2.05, 4.69) is 20.4 Å². The molecule has 2 aliphatic rings. The summed E-state index contributed by atoms with van der Waals surface area (Å²) < 4.78 is 10.6. The van der Waals surface area contributed by atoms with Crippen LogP contribution in [0.15, 0.2) is 39.5 Å². The van der Waals surface area contributed by atoms with Crippen LogP contribution in [0.2, 0.25) is 0 Å². The number of anilines is 2. The van der Waals surface area contributed by atoms with Crippen LogP contribution in [0.3, 0.4) is 0 Å². The van der Waals surface area contributed by atoms with Crippen molar-refractivity contribution in [2.24, 2.45) is 0 Å². The first-order valence-corrected chi connectivity index (χ1v) is 11.3. The second-order valence-electron chi connectivity index (χ2n) is 8.50. The fraction of sp³-hybridized carbons (Fsp3) is 0.478. The van der Waals surface area contributed by atoms with Gasteiger partial charge in [0.25, 0.3) is 5.91 Å². The molecule has 1 amide bonds. The highest BCUT2D eigenvalue weighted by atomic mass is 16.5. The lowest BCUT2D eigenvalue weighted by Gasteiger charge is -2.35. The van der Waals surface area contributed by atoms with E-state index in [1.165, 1.54) is 32.1 Å². The van der Waals surface area contributed by atoms with Gasteiger partial charge in [0.2, 0.25) is 11.7 Å². The summed E-state index contributed by atoms with van der Waals surface area (Å²) in [5.41, 5.74) is 1.24. The van der Waals surface area contributed by atoms with Crippen LogP contribution in [-0.4, -0.2) is 58.2 Å². The van der Waals surface area contributed by atoms with E-state index < -0.39 is 0 Å². The maximum atomic E-state index is 12.9. The number of carbonyl (C=O) groups is 1. The Bertz CT molecular complexity index is 1050. The molecule has 0 bridgehead atoms. The van der Waals surface area contributed by atoms with Crippen molar-refractivity contribution in [3.8, 4) is 11.5 Å². The molecule has 1 saturated carbocycles. The summed E-state index contributed by atoms with van der Waals surface area (Å²) in [6.45, 7) is 4.59. The van der Waals surface area contributed by atoms with Gasteiger partial charge in [0.1, 0.15) is 5.82 Å². The summed E-state index contributed by atoms with van der Waals surface area (Å²) in [5.74, 6) is 2.48. The predicted octanol–water partition coefficient (Wildman–Crippen LogP) is 3.74. The molecule has 32 heavy (non-hydrogen) atoms. The van der Waals surface area contributed by atoms with Gasteiger partial charge in [-0.05, 0) is 31.9 Å². The number of carbonyl (C=O) groups excluding carboxylic acids is 1. The second-order valence-corrected chi connectivity index (χ2v) is 8.50. The van der Waals surface area contributed by atoms with E-state index in [1.54, 1.807) is 29.4 Å². The number of aromatic nitrogens is 3. The first kappa shape index (κ1) is 20.5. The molecule has 0 unspecified atom stereocenters. The second kappa shape index (κ2) is 9.02. The van der Waals surface area contributed by atoms with Gasteiger partial charge in [-0.2, -0.15) is 4.98 Å². The van der Waals surface area contributed by atoms with Crippen LogP contribution in [0.1, 0.15) is 48.3 Å². The van der Waals surface area contributed by atoms with E-state index in [-0.39, 0.29) is 5.91 Å². The van der Waals surface area contributed by atoms with Gasteiger partial charge < -0.3 is 24.1 Å². The summed E-state index contributed by atoms with van der Waals surface area (Å²) in [6.07, 6.45) is 7.76. The molecular formula is C23H28N6O3. The quantitative estimate of drug-likeness (QED) is 0.646. The average molecular weight is 437 g/mol. The molecule has 1 N–H and O–H groups in total. The van der Waals surface area contributed by atoms with Crippen LogP contribution < -0.4 is 10.2 Å². The van der Waals surface area contributed by atoms with Crippen LogP contribution in [0.5, 0.6) is 0 Å². The minimum absolute atomic E-state index is 0.135. The van der Waals surface area contributed by atoms with Crippen LogP contribution >= 0.6 is 0 Å². The maximum absolute atomic E-state index is 12.9.